The van der Waals surface area contributed by atoms with Gasteiger partial charge >= 0.3 is 5.69 Å². The second kappa shape index (κ2) is 3.51. The van der Waals surface area contributed by atoms with E-state index in [2.05, 4.69) is 4.98 Å². The molecular formula is C12H16N4O2. The third-order valence-electron chi connectivity index (χ3n) is 3.55. The molecule has 6 nitrogen and oxygen atoms in total. The van der Waals surface area contributed by atoms with Crippen LogP contribution in [-0.2, 0) is 20.0 Å². The zero-order valence-corrected chi connectivity index (χ0v) is 10.7. The van der Waals surface area contributed by atoms with Gasteiger partial charge < -0.3 is 9.67 Å². The lowest BCUT2D eigenvalue weighted by Crippen LogP contribution is -2.28. The highest BCUT2D eigenvalue weighted by atomic mass is 16.3. The molecule has 3 heterocycles. The van der Waals surface area contributed by atoms with E-state index in [1.54, 1.807) is 10.9 Å². The Labute approximate surface area is 104 Å². The molecule has 0 radical (unpaired) electrons. The van der Waals surface area contributed by atoms with Gasteiger partial charge in [0.05, 0.1) is 24.3 Å². The third kappa shape index (κ3) is 1.28. The van der Waals surface area contributed by atoms with E-state index in [1.165, 1.54) is 4.57 Å². The topological polar surface area (TPSA) is 65.0 Å². The molecule has 0 unspecified atom stereocenters. The number of rotatable bonds is 1. The summed E-state index contributed by atoms with van der Waals surface area (Å²) < 4.78 is 4.99. The molecule has 0 aromatic carbocycles. The lowest BCUT2D eigenvalue weighted by molar-refractivity contribution is 0.391. The van der Waals surface area contributed by atoms with Gasteiger partial charge in [0.15, 0.2) is 0 Å². The van der Waals surface area contributed by atoms with Crippen molar-refractivity contribution in [2.75, 3.05) is 0 Å². The smallest absolute Gasteiger partial charge is 0.331 e. The van der Waals surface area contributed by atoms with Crippen molar-refractivity contribution in [2.45, 2.75) is 32.9 Å². The second-order valence-corrected chi connectivity index (χ2v) is 5.03. The first-order valence-corrected chi connectivity index (χ1v) is 6.02. The monoisotopic (exact) mass is 248 g/mol. The maximum Gasteiger partial charge on any atom is 0.331 e. The molecule has 0 saturated carbocycles. The van der Waals surface area contributed by atoms with Crippen molar-refractivity contribution in [1.82, 2.24) is 18.7 Å². The van der Waals surface area contributed by atoms with Crippen LogP contribution in [0, 0.1) is 0 Å². The molecule has 3 rings (SSSR count). The summed E-state index contributed by atoms with van der Waals surface area (Å²) in [6.07, 6.45) is 2.29. The molecule has 0 saturated heterocycles. The molecule has 2 aromatic heterocycles. The second-order valence-electron chi connectivity index (χ2n) is 5.03. The molecule has 18 heavy (non-hydrogen) atoms. The van der Waals surface area contributed by atoms with Crippen LogP contribution in [0.5, 0.6) is 5.88 Å². The Morgan fingerprint density at radius 1 is 1.39 bits per heavy atom. The summed E-state index contributed by atoms with van der Waals surface area (Å²) in [7, 11) is 1.93. The predicted octanol–water partition coefficient (Wildman–Crippen LogP) is 0.622. The fourth-order valence-electron chi connectivity index (χ4n) is 2.57. The number of fused-ring (bicyclic) bond motifs is 2. The first kappa shape index (κ1) is 11.1. The van der Waals surface area contributed by atoms with Gasteiger partial charge in [-0.1, -0.05) is 0 Å². The van der Waals surface area contributed by atoms with Crippen LogP contribution in [0.3, 0.4) is 0 Å². The van der Waals surface area contributed by atoms with Crippen LogP contribution >= 0.6 is 0 Å². The van der Waals surface area contributed by atoms with E-state index in [-0.39, 0.29) is 17.6 Å². The standard InChI is InChI=1S/C12H16N4O2/c1-7(2)16-11(17)10-4-9-8(13-6-14(9)3)5-15(10)12(16)18/h6-7,17H,4-5H2,1-3H3. The molecule has 96 valence electrons. The maximum atomic E-state index is 12.2. The van der Waals surface area contributed by atoms with Crippen LogP contribution in [0.25, 0.3) is 0 Å². The number of nitrogens with zero attached hydrogens (tertiary/aromatic N) is 4. The maximum absolute atomic E-state index is 12.2. The quantitative estimate of drug-likeness (QED) is 0.686. The van der Waals surface area contributed by atoms with Crippen molar-refractivity contribution in [1.29, 1.82) is 0 Å². The lowest BCUT2D eigenvalue weighted by Gasteiger charge is -2.14. The van der Waals surface area contributed by atoms with Crippen molar-refractivity contribution in [2.24, 2.45) is 7.05 Å². The summed E-state index contributed by atoms with van der Waals surface area (Å²) >= 11 is 0. The van der Waals surface area contributed by atoms with E-state index in [9.17, 15) is 9.90 Å². The van der Waals surface area contributed by atoms with Crippen LogP contribution in [0.4, 0.5) is 0 Å². The van der Waals surface area contributed by atoms with E-state index in [0.29, 0.717) is 18.7 Å². The Hall–Kier alpha value is -1.98. The number of aromatic hydroxyl groups is 1. The van der Waals surface area contributed by atoms with Crippen molar-refractivity contribution >= 4 is 0 Å². The van der Waals surface area contributed by atoms with Crippen molar-refractivity contribution in [3.8, 4) is 5.88 Å². The summed E-state index contributed by atoms with van der Waals surface area (Å²) in [6, 6.07) is -0.0494. The summed E-state index contributed by atoms with van der Waals surface area (Å²) in [5.74, 6) is 0.0850. The first-order chi connectivity index (χ1) is 8.50. The zero-order chi connectivity index (χ0) is 13.0. The Bertz CT molecular complexity index is 675. The van der Waals surface area contributed by atoms with Crippen LogP contribution in [0.1, 0.15) is 37.0 Å². The van der Waals surface area contributed by atoms with E-state index in [4.69, 9.17) is 0 Å². The fourth-order valence-corrected chi connectivity index (χ4v) is 2.57. The molecule has 0 spiro atoms. The molecular weight excluding hydrogens is 232 g/mol. The number of hydrogen-bond acceptors (Lipinski definition) is 3. The average molecular weight is 248 g/mol. The highest BCUT2D eigenvalue weighted by Crippen LogP contribution is 2.27. The van der Waals surface area contributed by atoms with Gasteiger partial charge in [-0.05, 0) is 13.8 Å². The largest absolute Gasteiger partial charge is 0.493 e. The summed E-state index contributed by atoms with van der Waals surface area (Å²) in [5.41, 5.74) is 2.50. The van der Waals surface area contributed by atoms with E-state index in [0.717, 1.165) is 11.4 Å². The number of imidazole rings is 2. The van der Waals surface area contributed by atoms with Crippen molar-refractivity contribution < 1.29 is 5.11 Å². The van der Waals surface area contributed by atoms with Crippen LogP contribution in [-0.4, -0.2) is 23.8 Å². The Morgan fingerprint density at radius 3 is 2.78 bits per heavy atom. The SMILES string of the molecule is CC(C)n1c(O)c2n(c1=O)Cc1ncn(C)c1C2. The molecule has 0 fully saturated rings. The van der Waals surface area contributed by atoms with Gasteiger partial charge in [0.2, 0.25) is 5.88 Å². The van der Waals surface area contributed by atoms with Crippen molar-refractivity contribution in [3.05, 3.63) is 33.9 Å². The molecule has 0 atom stereocenters. The van der Waals surface area contributed by atoms with Gasteiger partial charge in [-0.25, -0.2) is 9.78 Å². The first-order valence-electron chi connectivity index (χ1n) is 6.02. The fraction of sp³-hybridized carbons (Fsp3) is 0.500. The summed E-state index contributed by atoms with van der Waals surface area (Å²) in [4.78, 5) is 16.5. The van der Waals surface area contributed by atoms with E-state index in [1.807, 2.05) is 25.5 Å². The van der Waals surface area contributed by atoms with Crippen LogP contribution in [0.2, 0.25) is 0 Å². The predicted molar refractivity (Wildman–Crippen MR) is 65.9 cm³/mol. The van der Waals surface area contributed by atoms with Crippen LogP contribution in [0.15, 0.2) is 11.1 Å². The van der Waals surface area contributed by atoms with Gasteiger partial charge in [0.25, 0.3) is 0 Å². The van der Waals surface area contributed by atoms with Gasteiger partial charge in [0, 0.05) is 25.2 Å². The minimum absolute atomic E-state index is 0.0494. The Morgan fingerprint density at radius 2 is 2.11 bits per heavy atom. The highest BCUT2D eigenvalue weighted by molar-refractivity contribution is 5.33. The van der Waals surface area contributed by atoms with Crippen LogP contribution < -0.4 is 5.69 Å². The molecule has 0 amide bonds. The van der Waals surface area contributed by atoms with Gasteiger partial charge in [0.1, 0.15) is 0 Å². The summed E-state index contributed by atoms with van der Waals surface area (Å²) in [6.45, 7) is 4.22. The highest BCUT2D eigenvalue weighted by Gasteiger charge is 2.27. The van der Waals surface area contributed by atoms with Gasteiger partial charge in [-0.15, -0.1) is 0 Å². The molecule has 2 aromatic rings. The minimum Gasteiger partial charge on any atom is -0.493 e. The van der Waals surface area contributed by atoms with Gasteiger partial charge in [-0.2, -0.15) is 0 Å². The lowest BCUT2D eigenvalue weighted by atomic mass is 10.1. The Balaban J connectivity index is 2.20. The zero-order valence-electron chi connectivity index (χ0n) is 10.7. The van der Waals surface area contributed by atoms with E-state index < -0.39 is 0 Å². The normalized spacial score (nSPS) is 13.8. The minimum atomic E-state index is -0.159. The molecule has 1 aliphatic rings. The third-order valence-corrected chi connectivity index (χ3v) is 3.55. The Kier molecular flexibility index (Phi) is 2.17. The molecule has 0 aliphatic carbocycles. The number of aromatic nitrogens is 4. The number of aryl methyl sites for hydroxylation is 1. The summed E-state index contributed by atoms with van der Waals surface area (Å²) in [5, 5.41) is 10.2. The molecule has 1 aliphatic heterocycles. The van der Waals surface area contributed by atoms with E-state index >= 15 is 0 Å². The average Bonchev–Trinajstić information content (AvgIpc) is 2.79. The van der Waals surface area contributed by atoms with Crippen molar-refractivity contribution in [3.63, 3.8) is 0 Å². The molecule has 1 N–H and O–H groups in total. The molecule has 0 bridgehead atoms. The number of hydrogen-bond donors (Lipinski definition) is 1. The van der Waals surface area contributed by atoms with Gasteiger partial charge in [-0.3, -0.25) is 9.13 Å². The molecule has 6 heteroatoms.